The number of hydrogen-bond donors (Lipinski definition) is 0. The zero-order valence-electron chi connectivity index (χ0n) is 13.6. The predicted octanol–water partition coefficient (Wildman–Crippen LogP) is 2.45. The van der Waals surface area contributed by atoms with E-state index in [0.29, 0.717) is 17.0 Å². The molecule has 1 unspecified atom stereocenters. The van der Waals surface area contributed by atoms with Gasteiger partial charge < -0.3 is 14.4 Å². The Bertz CT molecular complexity index is 650. The van der Waals surface area contributed by atoms with E-state index in [4.69, 9.17) is 9.47 Å². The van der Waals surface area contributed by atoms with E-state index in [1.54, 1.807) is 50.1 Å². The lowest BCUT2D eigenvalue weighted by Crippen LogP contribution is -2.64. The quantitative estimate of drug-likeness (QED) is 0.486. The van der Waals surface area contributed by atoms with Crippen LogP contribution < -0.4 is 9.64 Å². The van der Waals surface area contributed by atoms with Crippen LogP contribution in [-0.4, -0.2) is 38.6 Å². The van der Waals surface area contributed by atoms with Crippen molar-refractivity contribution < 1.29 is 19.1 Å². The third-order valence-electron chi connectivity index (χ3n) is 4.57. The number of fused-ring (bicyclic) bond motifs is 1. The van der Waals surface area contributed by atoms with Crippen molar-refractivity contribution in [3.8, 4) is 5.75 Å². The summed E-state index contributed by atoms with van der Waals surface area (Å²) in [5.41, 5.74) is -1.30. The molecule has 118 valence electrons. The third-order valence-corrected chi connectivity index (χ3v) is 4.57. The molecule has 0 bridgehead atoms. The van der Waals surface area contributed by atoms with Gasteiger partial charge in [0, 0.05) is 12.5 Å². The van der Waals surface area contributed by atoms with Gasteiger partial charge in [-0.05, 0) is 12.1 Å². The summed E-state index contributed by atoms with van der Waals surface area (Å²) in [6.07, 6.45) is 1.61. The minimum absolute atomic E-state index is 0.334. The Morgan fingerprint density at radius 3 is 2.50 bits per heavy atom. The minimum atomic E-state index is -1.50. The number of benzene rings is 1. The van der Waals surface area contributed by atoms with Gasteiger partial charge in [0.25, 0.3) is 0 Å². The van der Waals surface area contributed by atoms with Crippen LogP contribution >= 0.6 is 0 Å². The highest BCUT2D eigenvalue weighted by atomic mass is 16.5. The van der Waals surface area contributed by atoms with Crippen LogP contribution in [-0.2, 0) is 9.53 Å². The molecule has 5 heteroatoms. The molecule has 5 nitrogen and oxygen atoms in total. The number of hydrogen-bond acceptors (Lipinski definition) is 5. The van der Waals surface area contributed by atoms with E-state index in [9.17, 15) is 9.59 Å². The van der Waals surface area contributed by atoms with Gasteiger partial charge in [-0.3, -0.25) is 4.79 Å². The van der Waals surface area contributed by atoms with E-state index in [-0.39, 0.29) is 5.78 Å². The average Bonchev–Trinajstić information content (AvgIpc) is 2.76. The highest BCUT2D eigenvalue weighted by Crippen LogP contribution is 2.50. The van der Waals surface area contributed by atoms with Gasteiger partial charge >= 0.3 is 5.97 Å². The first kappa shape index (κ1) is 16.1. The molecule has 0 spiro atoms. The molecule has 1 atom stereocenters. The van der Waals surface area contributed by atoms with Crippen LogP contribution in [0.4, 0.5) is 5.69 Å². The Hall–Kier alpha value is -2.30. The average molecular weight is 303 g/mol. The SMILES string of the molecule is C=CC(C)(C)C1(C(=O)OC)C(=O)c2c(OC)cccc2N1C. The lowest BCUT2D eigenvalue weighted by molar-refractivity contribution is -0.147. The number of esters is 1. The Morgan fingerprint density at radius 2 is 2.00 bits per heavy atom. The summed E-state index contributed by atoms with van der Waals surface area (Å²) in [5.74, 6) is -0.498. The second kappa shape index (κ2) is 5.16. The Labute approximate surface area is 130 Å². The fraction of sp³-hybridized carbons (Fsp3) is 0.412. The van der Waals surface area contributed by atoms with Crippen LogP contribution in [0.15, 0.2) is 30.9 Å². The second-order valence-corrected chi connectivity index (χ2v) is 5.87. The fourth-order valence-electron chi connectivity index (χ4n) is 3.22. The van der Waals surface area contributed by atoms with Gasteiger partial charge in [0.1, 0.15) is 5.75 Å². The number of carbonyl (C=O) groups excluding carboxylic acids is 2. The predicted molar refractivity (Wildman–Crippen MR) is 84.5 cm³/mol. The molecule has 1 aromatic carbocycles. The summed E-state index contributed by atoms with van der Waals surface area (Å²) >= 11 is 0. The topological polar surface area (TPSA) is 55.8 Å². The number of carbonyl (C=O) groups is 2. The minimum Gasteiger partial charge on any atom is -0.496 e. The Balaban J connectivity index is 2.82. The van der Waals surface area contributed by atoms with Crippen molar-refractivity contribution in [2.45, 2.75) is 19.4 Å². The standard InChI is InChI=1S/C17H21NO4/c1-7-16(2,3)17(15(20)22-6)14(19)13-11(18(17)4)9-8-10-12(13)21-5/h7-10H,1H2,2-6H3. The number of Topliss-reactive ketones (excluding diaryl/α,β-unsaturated/α-hetero) is 1. The van der Waals surface area contributed by atoms with Crippen molar-refractivity contribution >= 4 is 17.4 Å². The zero-order chi connectivity index (χ0) is 16.7. The van der Waals surface area contributed by atoms with E-state index in [0.717, 1.165) is 0 Å². The monoisotopic (exact) mass is 303 g/mol. The number of nitrogens with zero attached hydrogens (tertiary/aromatic N) is 1. The second-order valence-electron chi connectivity index (χ2n) is 5.87. The Morgan fingerprint density at radius 1 is 1.36 bits per heavy atom. The molecule has 2 rings (SSSR count). The van der Waals surface area contributed by atoms with Gasteiger partial charge in [-0.15, -0.1) is 6.58 Å². The Kier molecular flexibility index (Phi) is 3.77. The maximum absolute atomic E-state index is 13.2. The first-order valence-electron chi connectivity index (χ1n) is 6.97. The van der Waals surface area contributed by atoms with Crippen LogP contribution in [0.2, 0.25) is 0 Å². The zero-order valence-corrected chi connectivity index (χ0v) is 13.6. The molecular formula is C17H21NO4. The summed E-state index contributed by atoms with van der Waals surface area (Å²) in [4.78, 5) is 27.6. The van der Waals surface area contributed by atoms with Crippen LogP contribution in [0.25, 0.3) is 0 Å². The van der Waals surface area contributed by atoms with Crippen LogP contribution in [0.1, 0.15) is 24.2 Å². The van der Waals surface area contributed by atoms with Crippen LogP contribution in [0, 0.1) is 5.41 Å². The molecule has 0 radical (unpaired) electrons. The maximum atomic E-state index is 13.2. The molecule has 0 amide bonds. The smallest absolute Gasteiger partial charge is 0.340 e. The first-order chi connectivity index (χ1) is 10.3. The normalized spacial score (nSPS) is 20.6. The number of likely N-dealkylation sites (N-methyl/N-ethyl adjacent to an activating group) is 1. The summed E-state index contributed by atoms with van der Waals surface area (Å²) < 4.78 is 10.3. The molecule has 1 aromatic rings. The highest BCUT2D eigenvalue weighted by Gasteiger charge is 2.64. The number of ketones is 1. The van der Waals surface area contributed by atoms with Gasteiger partial charge in [-0.1, -0.05) is 26.0 Å². The van der Waals surface area contributed by atoms with Gasteiger partial charge in [0.2, 0.25) is 11.3 Å². The van der Waals surface area contributed by atoms with E-state index < -0.39 is 16.9 Å². The summed E-state index contributed by atoms with van der Waals surface area (Å²) in [6.45, 7) is 7.39. The summed E-state index contributed by atoms with van der Waals surface area (Å²) in [5, 5.41) is 0. The molecule has 0 aliphatic carbocycles. The number of anilines is 1. The van der Waals surface area contributed by atoms with E-state index in [1.165, 1.54) is 14.2 Å². The maximum Gasteiger partial charge on any atom is 0.340 e. The molecule has 0 N–H and O–H groups in total. The molecule has 1 heterocycles. The summed E-state index contributed by atoms with van der Waals surface area (Å²) in [7, 11) is 4.50. The highest BCUT2D eigenvalue weighted by molar-refractivity contribution is 6.27. The molecule has 22 heavy (non-hydrogen) atoms. The lowest BCUT2D eigenvalue weighted by Gasteiger charge is -2.43. The molecule has 0 fully saturated rings. The van der Waals surface area contributed by atoms with E-state index in [2.05, 4.69) is 6.58 Å². The van der Waals surface area contributed by atoms with Crippen molar-refractivity contribution in [2.75, 3.05) is 26.2 Å². The number of rotatable bonds is 4. The van der Waals surface area contributed by atoms with E-state index >= 15 is 0 Å². The van der Waals surface area contributed by atoms with Gasteiger partial charge in [-0.2, -0.15) is 0 Å². The van der Waals surface area contributed by atoms with Gasteiger partial charge in [-0.25, -0.2) is 4.79 Å². The van der Waals surface area contributed by atoms with Gasteiger partial charge in [0.05, 0.1) is 25.5 Å². The lowest BCUT2D eigenvalue weighted by atomic mass is 9.69. The molecule has 1 aliphatic heterocycles. The summed E-state index contributed by atoms with van der Waals surface area (Å²) in [6, 6.07) is 5.29. The van der Waals surface area contributed by atoms with Crippen LogP contribution in [0.3, 0.4) is 0 Å². The van der Waals surface area contributed by atoms with Crippen LogP contribution in [0.5, 0.6) is 5.75 Å². The van der Waals surface area contributed by atoms with Crippen molar-refractivity contribution in [3.05, 3.63) is 36.4 Å². The molecule has 0 saturated heterocycles. The molecule has 0 aromatic heterocycles. The van der Waals surface area contributed by atoms with Gasteiger partial charge in [0.15, 0.2) is 0 Å². The fourth-order valence-corrected chi connectivity index (χ4v) is 3.22. The number of methoxy groups -OCH3 is 2. The largest absolute Gasteiger partial charge is 0.496 e. The third kappa shape index (κ3) is 1.71. The van der Waals surface area contributed by atoms with Crippen molar-refractivity contribution in [1.82, 2.24) is 0 Å². The van der Waals surface area contributed by atoms with E-state index in [1.807, 2.05) is 0 Å². The van der Waals surface area contributed by atoms with Crippen molar-refractivity contribution in [1.29, 1.82) is 0 Å². The first-order valence-corrected chi connectivity index (χ1v) is 6.97. The molecular weight excluding hydrogens is 282 g/mol. The number of ether oxygens (including phenoxy) is 2. The molecule has 1 aliphatic rings. The molecule has 0 saturated carbocycles. The van der Waals surface area contributed by atoms with Crippen molar-refractivity contribution in [3.63, 3.8) is 0 Å². The van der Waals surface area contributed by atoms with Crippen molar-refractivity contribution in [2.24, 2.45) is 5.41 Å².